The van der Waals surface area contributed by atoms with Crippen molar-refractivity contribution in [2.24, 2.45) is 0 Å². The van der Waals surface area contributed by atoms with Gasteiger partial charge in [-0.05, 0) is 48.4 Å². The first-order valence-electron chi connectivity index (χ1n) is 8.48. The van der Waals surface area contributed by atoms with Gasteiger partial charge in [0.2, 0.25) is 10.0 Å². The molecular formula is C19H25NO5S. The molecule has 26 heavy (non-hydrogen) atoms. The number of aryl methyl sites for hydroxylation is 1. The van der Waals surface area contributed by atoms with Gasteiger partial charge in [0.1, 0.15) is 30.5 Å². The molecule has 0 saturated heterocycles. The van der Waals surface area contributed by atoms with Gasteiger partial charge in [0, 0.05) is 6.54 Å². The molecule has 7 heteroatoms. The minimum atomic E-state index is -3.40. The molecule has 0 spiro atoms. The molecule has 0 aliphatic rings. The minimum absolute atomic E-state index is 0.0974. The van der Waals surface area contributed by atoms with E-state index in [0.29, 0.717) is 11.5 Å². The first-order chi connectivity index (χ1) is 12.5. The second-order valence-electron chi connectivity index (χ2n) is 5.58. The second kappa shape index (κ2) is 10.0. The maximum Gasteiger partial charge on any atom is 0.215 e. The molecule has 0 fully saturated rings. The predicted molar refractivity (Wildman–Crippen MR) is 102 cm³/mol. The lowest BCUT2D eigenvalue weighted by Gasteiger charge is -2.10. The molecule has 0 heterocycles. The molecule has 1 N–H and O–H groups in total. The van der Waals surface area contributed by atoms with E-state index in [-0.39, 0.29) is 25.5 Å². The highest BCUT2D eigenvalue weighted by Crippen LogP contribution is 2.16. The normalized spacial score (nSPS) is 11.2. The van der Waals surface area contributed by atoms with Crippen LogP contribution in [0.15, 0.2) is 48.5 Å². The van der Waals surface area contributed by atoms with Gasteiger partial charge < -0.3 is 14.2 Å². The van der Waals surface area contributed by atoms with Crippen LogP contribution in [0.4, 0.5) is 0 Å². The third-order valence-electron chi connectivity index (χ3n) is 3.70. The molecule has 2 aromatic carbocycles. The number of nitrogens with one attached hydrogen (secondary N) is 1. The third kappa shape index (κ3) is 6.93. The van der Waals surface area contributed by atoms with E-state index in [1.54, 1.807) is 31.4 Å². The number of hydrogen-bond acceptors (Lipinski definition) is 5. The summed E-state index contributed by atoms with van der Waals surface area (Å²) in [6, 6.07) is 14.7. The lowest BCUT2D eigenvalue weighted by Crippen LogP contribution is -2.32. The zero-order valence-electron chi connectivity index (χ0n) is 15.1. The summed E-state index contributed by atoms with van der Waals surface area (Å²) >= 11 is 0. The van der Waals surface area contributed by atoms with Crippen molar-refractivity contribution < 1.29 is 22.6 Å². The lowest BCUT2D eigenvalue weighted by molar-refractivity contribution is 0.320. The zero-order valence-corrected chi connectivity index (χ0v) is 15.9. The average Bonchev–Trinajstić information content (AvgIpc) is 2.66. The quantitative estimate of drug-likeness (QED) is 0.608. The van der Waals surface area contributed by atoms with Gasteiger partial charge in [-0.25, -0.2) is 13.1 Å². The molecule has 0 amide bonds. The van der Waals surface area contributed by atoms with Crippen molar-refractivity contribution in [3.05, 3.63) is 54.1 Å². The second-order valence-corrected chi connectivity index (χ2v) is 7.51. The molecule has 2 rings (SSSR count). The number of methoxy groups -OCH3 is 1. The van der Waals surface area contributed by atoms with Crippen molar-refractivity contribution >= 4 is 10.0 Å². The molecule has 0 saturated carbocycles. The van der Waals surface area contributed by atoms with Crippen molar-refractivity contribution in [2.75, 3.05) is 32.6 Å². The van der Waals surface area contributed by atoms with E-state index in [9.17, 15) is 8.42 Å². The standard InChI is InChI=1S/C19H25NO5S/c1-3-16-4-6-18(7-5-16)25-14-15-26(21,22)20-12-13-24-19-10-8-17(23-2)9-11-19/h4-11,20H,3,12-15H2,1-2H3. The fraction of sp³-hybridized carbons (Fsp3) is 0.368. The van der Waals surface area contributed by atoms with Crippen LogP contribution >= 0.6 is 0 Å². The first-order valence-corrected chi connectivity index (χ1v) is 10.1. The molecule has 0 bridgehead atoms. The molecule has 0 aliphatic carbocycles. The lowest BCUT2D eigenvalue weighted by atomic mass is 10.2. The SMILES string of the molecule is CCc1ccc(OCCS(=O)(=O)NCCOc2ccc(OC)cc2)cc1. The van der Waals surface area contributed by atoms with E-state index in [1.165, 1.54) is 5.56 Å². The van der Waals surface area contributed by atoms with Crippen LogP contribution < -0.4 is 18.9 Å². The van der Waals surface area contributed by atoms with Gasteiger partial charge in [-0.1, -0.05) is 19.1 Å². The van der Waals surface area contributed by atoms with Crippen LogP contribution in [0.2, 0.25) is 0 Å². The minimum Gasteiger partial charge on any atom is -0.497 e. The Balaban J connectivity index is 1.65. The zero-order chi connectivity index (χ0) is 18.8. The Morgan fingerprint density at radius 1 is 0.846 bits per heavy atom. The topological polar surface area (TPSA) is 73.9 Å². The van der Waals surface area contributed by atoms with Gasteiger partial charge in [-0.3, -0.25) is 0 Å². The Morgan fingerprint density at radius 2 is 1.38 bits per heavy atom. The molecule has 0 radical (unpaired) electrons. The van der Waals surface area contributed by atoms with Crippen LogP contribution in [0.1, 0.15) is 12.5 Å². The van der Waals surface area contributed by atoms with Crippen molar-refractivity contribution in [1.82, 2.24) is 4.72 Å². The Labute approximate surface area is 155 Å². The Kier molecular flexibility index (Phi) is 7.74. The van der Waals surface area contributed by atoms with Gasteiger partial charge >= 0.3 is 0 Å². The fourth-order valence-electron chi connectivity index (χ4n) is 2.20. The highest BCUT2D eigenvalue weighted by atomic mass is 32.2. The molecule has 0 aliphatic heterocycles. The average molecular weight is 379 g/mol. The number of hydrogen-bond donors (Lipinski definition) is 1. The third-order valence-corrected chi connectivity index (χ3v) is 5.05. The van der Waals surface area contributed by atoms with Gasteiger partial charge in [0.25, 0.3) is 0 Å². The summed E-state index contributed by atoms with van der Waals surface area (Å²) < 4.78 is 42.4. The predicted octanol–water partition coefficient (Wildman–Crippen LogP) is 2.63. The van der Waals surface area contributed by atoms with Crippen LogP contribution in [0.25, 0.3) is 0 Å². The highest BCUT2D eigenvalue weighted by Gasteiger charge is 2.10. The van der Waals surface area contributed by atoms with E-state index in [1.807, 2.05) is 24.3 Å². The molecule has 0 atom stereocenters. The van der Waals surface area contributed by atoms with Crippen molar-refractivity contribution in [2.45, 2.75) is 13.3 Å². The van der Waals surface area contributed by atoms with Crippen molar-refractivity contribution in [1.29, 1.82) is 0 Å². The van der Waals surface area contributed by atoms with Crippen LogP contribution in [0.3, 0.4) is 0 Å². The summed E-state index contributed by atoms with van der Waals surface area (Å²) in [5.41, 5.74) is 1.21. The Morgan fingerprint density at radius 3 is 1.96 bits per heavy atom. The molecule has 6 nitrogen and oxygen atoms in total. The summed E-state index contributed by atoms with van der Waals surface area (Å²) in [4.78, 5) is 0. The van der Waals surface area contributed by atoms with Gasteiger partial charge in [0.05, 0.1) is 12.9 Å². The molecule has 2 aromatic rings. The number of rotatable bonds is 11. The monoisotopic (exact) mass is 379 g/mol. The van der Waals surface area contributed by atoms with Crippen molar-refractivity contribution in [3.63, 3.8) is 0 Å². The van der Waals surface area contributed by atoms with Gasteiger partial charge in [-0.15, -0.1) is 0 Å². The van der Waals surface area contributed by atoms with E-state index >= 15 is 0 Å². The Bertz CT molecular complexity index is 758. The molecule has 0 unspecified atom stereocenters. The van der Waals surface area contributed by atoms with Crippen LogP contribution in [-0.2, 0) is 16.4 Å². The maximum absolute atomic E-state index is 12.0. The van der Waals surface area contributed by atoms with E-state index in [0.717, 1.165) is 12.2 Å². The summed E-state index contributed by atoms with van der Waals surface area (Å²) in [5.74, 6) is 1.96. The molecular weight excluding hydrogens is 354 g/mol. The van der Waals surface area contributed by atoms with Crippen molar-refractivity contribution in [3.8, 4) is 17.2 Å². The van der Waals surface area contributed by atoms with Crippen LogP contribution in [0.5, 0.6) is 17.2 Å². The van der Waals surface area contributed by atoms with Crippen LogP contribution in [0, 0.1) is 0 Å². The van der Waals surface area contributed by atoms with Crippen LogP contribution in [-0.4, -0.2) is 41.0 Å². The summed E-state index contributed by atoms with van der Waals surface area (Å²) in [6.07, 6.45) is 0.956. The van der Waals surface area contributed by atoms with Gasteiger partial charge in [-0.2, -0.15) is 0 Å². The smallest absolute Gasteiger partial charge is 0.215 e. The van der Waals surface area contributed by atoms with E-state index in [2.05, 4.69) is 11.6 Å². The fourth-order valence-corrected chi connectivity index (χ4v) is 3.04. The number of benzene rings is 2. The number of sulfonamides is 1. The largest absolute Gasteiger partial charge is 0.497 e. The molecule has 142 valence electrons. The van der Waals surface area contributed by atoms with E-state index in [4.69, 9.17) is 14.2 Å². The maximum atomic E-state index is 12.0. The summed E-state index contributed by atoms with van der Waals surface area (Å²) in [6.45, 7) is 2.61. The highest BCUT2D eigenvalue weighted by molar-refractivity contribution is 7.89. The van der Waals surface area contributed by atoms with Gasteiger partial charge in [0.15, 0.2) is 0 Å². The summed E-state index contributed by atoms with van der Waals surface area (Å²) in [5, 5.41) is 0. The summed E-state index contributed by atoms with van der Waals surface area (Å²) in [7, 11) is -1.81. The number of ether oxygens (including phenoxy) is 3. The molecule has 0 aromatic heterocycles. The Hall–Kier alpha value is -2.25. The first kappa shape index (κ1) is 20.1. The van der Waals surface area contributed by atoms with E-state index < -0.39 is 10.0 Å².